The number of hydrogen-bond donors (Lipinski definition) is 2. The number of hydrogen-bond acceptors (Lipinski definition) is 7. The third kappa shape index (κ3) is 3.17. The quantitative estimate of drug-likeness (QED) is 0.579. The van der Waals surface area contributed by atoms with Gasteiger partial charge in [-0.3, -0.25) is 0 Å². The molecule has 8 nitrogen and oxygen atoms in total. The highest BCUT2D eigenvalue weighted by Crippen LogP contribution is 2.39. The summed E-state index contributed by atoms with van der Waals surface area (Å²) in [6, 6.07) is 5.77. The number of rotatable bonds is 4. The average Bonchev–Trinajstić information content (AvgIpc) is 3.30. The number of aryl methyl sites for hydroxylation is 1. The van der Waals surface area contributed by atoms with Crippen molar-refractivity contribution in [3.05, 3.63) is 34.7 Å². The molecule has 10 heteroatoms. The molecule has 2 aliphatic heterocycles. The topological polar surface area (TPSA) is 102 Å². The molecule has 0 unspecified atom stereocenters. The average molecular weight is 459 g/mol. The first-order chi connectivity index (χ1) is 15.0. The smallest absolute Gasteiger partial charge is 0.228 e. The van der Waals surface area contributed by atoms with E-state index in [-0.39, 0.29) is 12.1 Å². The largest absolute Gasteiger partial charge is 0.611 e. The van der Waals surface area contributed by atoms with Crippen molar-refractivity contribution in [2.45, 2.75) is 49.2 Å². The lowest BCUT2D eigenvalue weighted by Gasteiger charge is -2.41. The van der Waals surface area contributed by atoms with Gasteiger partial charge in [-0.05, 0) is 48.6 Å². The van der Waals surface area contributed by atoms with Gasteiger partial charge in [0.25, 0.3) is 0 Å². The van der Waals surface area contributed by atoms with E-state index in [9.17, 15) is 9.66 Å². The summed E-state index contributed by atoms with van der Waals surface area (Å²) < 4.78 is 14.8. The fourth-order valence-corrected chi connectivity index (χ4v) is 6.22. The van der Waals surface area contributed by atoms with Crippen LogP contribution in [0.4, 0.5) is 11.8 Å². The SMILES string of the molecule is [O-][S@+]1CCc2nc(N3CCn4c(nc5ccc(Cl)cc54)C3)nc(NC3(CO)CCC3)c21. The predicted octanol–water partition coefficient (Wildman–Crippen LogP) is 2.49. The van der Waals surface area contributed by atoms with Crippen molar-refractivity contribution in [1.29, 1.82) is 0 Å². The van der Waals surface area contributed by atoms with Crippen LogP contribution < -0.4 is 10.2 Å². The van der Waals surface area contributed by atoms with E-state index in [1.54, 1.807) is 0 Å². The Hall–Kier alpha value is -2.07. The molecular weight excluding hydrogens is 436 g/mol. The van der Waals surface area contributed by atoms with E-state index in [0.717, 1.165) is 54.9 Å². The molecule has 1 fully saturated rings. The number of imidazole rings is 1. The molecule has 0 radical (unpaired) electrons. The number of nitrogens with one attached hydrogen (secondary N) is 1. The monoisotopic (exact) mass is 458 g/mol. The van der Waals surface area contributed by atoms with E-state index in [2.05, 4.69) is 14.8 Å². The van der Waals surface area contributed by atoms with Gasteiger partial charge in [-0.1, -0.05) is 11.6 Å². The van der Waals surface area contributed by atoms with Gasteiger partial charge in [0, 0.05) is 24.5 Å². The lowest BCUT2D eigenvalue weighted by molar-refractivity contribution is 0.143. The molecule has 1 saturated carbocycles. The number of anilines is 2. The van der Waals surface area contributed by atoms with Crippen LogP contribution in [0.5, 0.6) is 0 Å². The van der Waals surface area contributed by atoms with Gasteiger partial charge in [0.1, 0.15) is 17.3 Å². The Bertz CT molecular complexity index is 1170. The fraction of sp³-hybridized carbons (Fsp3) is 0.476. The molecule has 6 rings (SSSR count). The molecule has 3 aromatic rings. The molecule has 1 aromatic carbocycles. The summed E-state index contributed by atoms with van der Waals surface area (Å²) in [6.07, 6.45) is 3.54. The molecule has 0 spiro atoms. The Balaban J connectivity index is 1.36. The zero-order valence-electron chi connectivity index (χ0n) is 17.0. The van der Waals surface area contributed by atoms with Crippen molar-refractivity contribution in [2.24, 2.45) is 0 Å². The molecule has 0 saturated heterocycles. The molecule has 1 atom stereocenters. The molecule has 31 heavy (non-hydrogen) atoms. The van der Waals surface area contributed by atoms with Gasteiger partial charge >= 0.3 is 0 Å². The molecule has 2 aromatic heterocycles. The minimum Gasteiger partial charge on any atom is -0.611 e. The highest BCUT2D eigenvalue weighted by molar-refractivity contribution is 7.91. The van der Waals surface area contributed by atoms with Crippen LogP contribution in [0.3, 0.4) is 0 Å². The number of fused-ring (bicyclic) bond motifs is 4. The Labute approximate surface area is 187 Å². The summed E-state index contributed by atoms with van der Waals surface area (Å²) in [6.45, 7) is 2.15. The number of benzene rings is 1. The van der Waals surface area contributed by atoms with Crippen molar-refractivity contribution >= 4 is 45.6 Å². The first kappa shape index (κ1) is 19.6. The minimum absolute atomic E-state index is 0.0457. The van der Waals surface area contributed by atoms with Crippen LogP contribution in [-0.2, 0) is 30.7 Å². The molecule has 162 valence electrons. The first-order valence-corrected chi connectivity index (χ1v) is 12.3. The van der Waals surface area contributed by atoms with Gasteiger partial charge in [-0.15, -0.1) is 0 Å². The van der Waals surface area contributed by atoms with E-state index in [0.29, 0.717) is 40.4 Å². The highest BCUT2D eigenvalue weighted by Gasteiger charge is 2.41. The summed E-state index contributed by atoms with van der Waals surface area (Å²) >= 11 is 5.08. The standard InChI is InChI=1S/C21H23ClN6O2S/c22-13-2-3-14-16(10-13)28-8-7-27(11-17(28)23-14)20-24-15-4-9-31(30)18(15)19(25-20)26-21(12-29)5-1-6-21/h2-3,10,29H,1,4-9,11-12H2,(H,24,25,26)/t31-/m1/s1. The Morgan fingerprint density at radius 3 is 2.87 bits per heavy atom. The fourth-order valence-electron chi connectivity index (χ4n) is 4.74. The zero-order chi connectivity index (χ0) is 21.2. The normalized spacial score (nSPS) is 21.6. The van der Waals surface area contributed by atoms with Gasteiger partial charge in [0.05, 0.1) is 29.7 Å². The zero-order valence-corrected chi connectivity index (χ0v) is 18.5. The van der Waals surface area contributed by atoms with Crippen LogP contribution in [0.1, 0.15) is 30.8 Å². The van der Waals surface area contributed by atoms with Crippen molar-refractivity contribution in [1.82, 2.24) is 19.5 Å². The molecule has 2 N–H and O–H groups in total. The van der Waals surface area contributed by atoms with Crippen molar-refractivity contribution in [3.63, 3.8) is 0 Å². The second-order valence-corrected chi connectivity index (χ2v) is 10.5. The lowest BCUT2D eigenvalue weighted by atomic mass is 9.77. The molecule has 1 aliphatic carbocycles. The molecule has 3 aliphatic rings. The minimum atomic E-state index is -1.10. The van der Waals surface area contributed by atoms with E-state index in [1.165, 1.54) is 0 Å². The van der Waals surface area contributed by atoms with Gasteiger partial charge in [0.2, 0.25) is 10.8 Å². The number of nitrogens with zero attached hydrogens (tertiary/aromatic N) is 5. The second-order valence-electron chi connectivity index (χ2n) is 8.60. The lowest BCUT2D eigenvalue weighted by Crippen LogP contribution is -2.49. The molecule has 4 heterocycles. The second kappa shape index (κ2) is 7.23. The van der Waals surface area contributed by atoms with Crippen LogP contribution in [0.2, 0.25) is 5.02 Å². The Morgan fingerprint density at radius 2 is 2.10 bits per heavy atom. The van der Waals surface area contributed by atoms with E-state index in [1.807, 2.05) is 18.2 Å². The van der Waals surface area contributed by atoms with Crippen molar-refractivity contribution in [2.75, 3.05) is 29.1 Å². The number of aliphatic hydroxyl groups excluding tert-OH is 1. The highest BCUT2D eigenvalue weighted by atomic mass is 35.5. The summed E-state index contributed by atoms with van der Waals surface area (Å²) in [7, 11) is 0. The summed E-state index contributed by atoms with van der Waals surface area (Å²) in [5, 5.41) is 14.1. The van der Waals surface area contributed by atoms with Crippen LogP contribution >= 0.6 is 11.6 Å². The van der Waals surface area contributed by atoms with Crippen molar-refractivity contribution < 1.29 is 9.66 Å². The maximum atomic E-state index is 12.6. The van der Waals surface area contributed by atoms with E-state index < -0.39 is 11.2 Å². The maximum absolute atomic E-state index is 12.6. The van der Waals surface area contributed by atoms with E-state index >= 15 is 0 Å². The molecule has 0 amide bonds. The third-order valence-corrected chi connectivity index (χ3v) is 8.37. The van der Waals surface area contributed by atoms with Gasteiger partial charge in [-0.25, -0.2) is 9.97 Å². The van der Waals surface area contributed by atoms with Gasteiger partial charge < -0.3 is 24.4 Å². The molecular formula is C21H23ClN6O2S. The van der Waals surface area contributed by atoms with Gasteiger partial charge in [0.15, 0.2) is 5.82 Å². The van der Waals surface area contributed by atoms with Crippen LogP contribution in [0, 0.1) is 0 Å². The maximum Gasteiger partial charge on any atom is 0.228 e. The van der Waals surface area contributed by atoms with Crippen LogP contribution in [0.15, 0.2) is 23.1 Å². The number of aliphatic hydroxyl groups is 1. The first-order valence-electron chi connectivity index (χ1n) is 10.6. The molecule has 0 bridgehead atoms. The number of aromatic nitrogens is 4. The van der Waals surface area contributed by atoms with Crippen LogP contribution in [0.25, 0.3) is 11.0 Å². The Kier molecular flexibility index (Phi) is 4.57. The van der Waals surface area contributed by atoms with E-state index in [4.69, 9.17) is 26.6 Å². The summed E-state index contributed by atoms with van der Waals surface area (Å²) in [5.74, 6) is 2.78. The van der Waals surface area contributed by atoms with Crippen LogP contribution in [-0.4, -0.2) is 53.6 Å². The summed E-state index contributed by atoms with van der Waals surface area (Å²) in [5.41, 5.74) is 2.47. The van der Waals surface area contributed by atoms with Gasteiger partial charge in [-0.2, -0.15) is 4.98 Å². The number of halogens is 1. The van der Waals surface area contributed by atoms with Crippen molar-refractivity contribution in [3.8, 4) is 0 Å². The summed E-state index contributed by atoms with van der Waals surface area (Å²) in [4.78, 5) is 17.2. The Morgan fingerprint density at radius 1 is 1.23 bits per heavy atom. The predicted molar refractivity (Wildman–Crippen MR) is 120 cm³/mol. The third-order valence-electron chi connectivity index (χ3n) is 6.67.